The molecule has 24 nitrogen and oxygen atoms in total. The van der Waals surface area contributed by atoms with Gasteiger partial charge in [-0.1, -0.05) is 0 Å². The summed E-state index contributed by atoms with van der Waals surface area (Å²) < 4.78 is 57.3. The maximum absolute atomic E-state index is 11.3. The van der Waals surface area contributed by atoms with Gasteiger partial charge in [0.25, 0.3) is 0 Å². The minimum atomic E-state index is -1.62. The van der Waals surface area contributed by atoms with Crippen LogP contribution in [0.4, 0.5) is 0 Å². The number of hydrogen-bond acceptors (Lipinski definition) is 26. The Morgan fingerprint density at radius 1 is 0.554 bits per heavy atom. The van der Waals surface area contributed by atoms with E-state index in [-0.39, 0.29) is 31.4 Å². The van der Waals surface area contributed by atoms with E-state index in [9.17, 15) is 56.2 Å². The normalized spacial score (nSPS) is 40.6. The Bertz CT molecular complexity index is 1340. The van der Waals surface area contributed by atoms with Crippen molar-refractivity contribution in [2.75, 3.05) is 95.7 Å². The van der Waals surface area contributed by atoms with Crippen LogP contribution in [-0.4, -0.2) is 280 Å². The molecular weight excluding hydrogens is 931 g/mol. The van der Waals surface area contributed by atoms with Crippen molar-refractivity contribution in [3.63, 3.8) is 0 Å². The van der Waals surface area contributed by atoms with Crippen molar-refractivity contribution >= 4 is 41.1 Å². The van der Waals surface area contributed by atoms with E-state index in [1.54, 1.807) is 23.5 Å². The maximum Gasteiger partial charge on any atom is 0.187 e. The molecule has 8 unspecified atom stereocenters. The average molecular weight is 1000 g/mol. The lowest BCUT2D eigenvalue weighted by molar-refractivity contribution is -0.347. The number of ether oxygens (including phenoxy) is 10. The van der Waals surface area contributed by atoms with Crippen molar-refractivity contribution in [2.45, 2.75) is 135 Å². The van der Waals surface area contributed by atoms with Gasteiger partial charge in [-0.2, -0.15) is 23.5 Å². The molecule has 0 aromatic heterocycles. The summed E-state index contributed by atoms with van der Waals surface area (Å²) in [7, 11) is 2.64. The Hall–Kier alpha value is -0.360. The molecule has 4 heterocycles. The van der Waals surface area contributed by atoms with Crippen LogP contribution < -0.4 is 11.5 Å². The van der Waals surface area contributed by atoms with Crippen molar-refractivity contribution in [1.82, 2.24) is 0 Å². The van der Waals surface area contributed by atoms with E-state index in [1.165, 1.54) is 14.2 Å². The molecule has 65 heavy (non-hydrogen) atoms. The van der Waals surface area contributed by atoms with Crippen molar-refractivity contribution < 1.29 is 104 Å². The van der Waals surface area contributed by atoms with Crippen molar-refractivity contribution in [3.8, 4) is 0 Å². The van der Waals surface area contributed by atoms with Gasteiger partial charge in [0, 0.05) is 52.0 Å². The Balaban J connectivity index is 1.30. The molecule has 15 N–H and O–H groups in total. The zero-order chi connectivity index (χ0) is 47.6. The first-order valence-corrected chi connectivity index (χ1v) is 24.8. The van der Waals surface area contributed by atoms with Gasteiger partial charge in [-0.15, -0.1) is 11.8 Å². The van der Waals surface area contributed by atoms with Crippen molar-refractivity contribution in [3.05, 3.63) is 0 Å². The van der Waals surface area contributed by atoms with E-state index in [2.05, 4.69) is 4.99 Å². The largest absolute Gasteiger partial charge is 0.394 e. The van der Waals surface area contributed by atoms with Crippen LogP contribution in [0.15, 0.2) is 4.99 Å². The Morgan fingerprint density at radius 3 is 1.57 bits per heavy atom. The van der Waals surface area contributed by atoms with Crippen LogP contribution in [0.1, 0.15) is 12.8 Å². The summed E-state index contributed by atoms with van der Waals surface area (Å²) >= 11 is 4.26. The summed E-state index contributed by atoms with van der Waals surface area (Å²) in [6, 6.07) is 0. The number of aliphatic imine (C=N–C) groups is 1. The summed E-state index contributed by atoms with van der Waals surface area (Å²) in [6.07, 6.45) is -24.9. The highest BCUT2D eigenvalue weighted by Gasteiger charge is 2.51. The number of nitrogens with zero attached hydrogens (tertiary/aromatic N) is 1. The molecule has 27 heteroatoms. The molecule has 0 spiro atoms. The van der Waals surface area contributed by atoms with Gasteiger partial charge in [0.15, 0.2) is 18.9 Å². The van der Waals surface area contributed by atoms with Gasteiger partial charge in [-0.3, -0.25) is 4.99 Å². The Labute approximate surface area is 390 Å². The highest BCUT2D eigenvalue weighted by molar-refractivity contribution is 8.00. The molecule has 20 atom stereocenters. The Kier molecular flexibility index (Phi) is 26.2. The Morgan fingerprint density at radius 2 is 1.05 bits per heavy atom. The quantitative estimate of drug-likeness (QED) is 0.0197. The van der Waals surface area contributed by atoms with Gasteiger partial charge < -0.3 is 115 Å². The van der Waals surface area contributed by atoms with E-state index in [0.29, 0.717) is 43.2 Å². The standard InChI is InChI=1S/C38H71N3O21S3/c1-53-14-19-25(45)29(49)33(56-8-4-10-64-12-6-41-22(40)17-65-38-32(52)28(48)23(43)18(13-42)62-38)36(60-19)58-16-21-26(46)30(50)34(55-7-3-9-63-11-5-39)37(61-21)57-15-20-24(44)27(47)31(51)35(54-2)59-20/h18-21,23-38,42-52H,3-17,39H2,1-2H3,(H2,40,41)/t18?,19?,20?,21?,23-,24-,25-,26-,27+,28?,29+,30+,31?,32-,33?,34?,35+,36+,37+,38-/m1/s1. The molecule has 382 valence electrons. The van der Waals surface area contributed by atoms with Gasteiger partial charge in [0.05, 0.1) is 32.2 Å². The second-order valence-corrected chi connectivity index (χ2v) is 19.2. The maximum atomic E-state index is 11.3. The summed E-state index contributed by atoms with van der Waals surface area (Å²) in [5.74, 6) is 3.12. The summed E-state index contributed by atoms with van der Waals surface area (Å²) in [6.45, 7) is -0.332. The molecule has 4 aliphatic heterocycles. The lowest BCUT2D eigenvalue weighted by Crippen LogP contribution is -2.63. The van der Waals surface area contributed by atoms with Crippen LogP contribution in [0, 0.1) is 0 Å². The molecule has 4 aliphatic rings. The third kappa shape index (κ3) is 16.6. The molecule has 0 aromatic rings. The number of aliphatic hydroxyl groups excluding tert-OH is 11. The number of thioether (sulfide) groups is 3. The van der Waals surface area contributed by atoms with Crippen LogP contribution in [-0.2, 0) is 47.4 Å². The molecule has 0 bridgehead atoms. The first-order valence-electron chi connectivity index (χ1n) is 21.5. The molecule has 4 rings (SSSR count). The van der Waals surface area contributed by atoms with E-state index in [0.717, 1.165) is 17.5 Å². The van der Waals surface area contributed by atoms with Crippen LogP contribution in [0.25, 0.3) is 0 Å². The third-order valence-electron chi connectivity index (χ3n) is 10.9. The molecule has 4 fully saturated rings. The molecule has 4 saturated heterocycles. The van der Waals surface area contributed by atoms with Crippen LogP contribution in [0.5, 0.6) is 0 Å². The highest BCUT2D eigenvalue weighted by atomic mass is 32.2. The second-order valence-electron chi connectivity index (χ2n) is 15.7. The van der Waals surface area contributed by atoms with Gasteiger partial charge in [0.1, 0.15) is 109 Å². The fraction of sp³-hybridized carbons (Fsp3) is 0.974. The van der Waals surface area contributed by atoms with Crippen LogP contribution in [0.2, 0.25) is 0 Å². The molecule has 0 saturated carbocycles. The zero-order valence-electron chi connectivity index (χ0n) is 36.5. The third-order valence-corrected chi connectivity index (χ3v) is 14.2. The number of rotatable bonds is 28. The lowest BCUT2D eigenvalue weighted by atomic mass is 9.97. The predicted molar refractivity (Wildman–Crippen MR) is 234 cm³/mol. The minimum absolute atomic E-state index is 0.105. The minimum Gasteiger partial charge on any atom is -0.394 e. The van der Waals surface area contributed by atoms with Crippen molar-refractivity contribution in [1.29, 1.82) is 0 Å². The SMILES string of the molecule is COCC1O[C@H](OCC2O[C@H](OCC3O[C@H](OC)C(O)[C@@H](O)[C@@H]3O)C(OCCCSCCN)[C@@H](O)[C@@H]2O)C(OCCCSCCN=C(N)CS[C@H]2OC(CO)[C@@H](O)C(O)[C@H]2O)[C@@H](O)[C@@H]1O. The molecule has 0 radical (unpaired) electrons. The fourth-order valence-corrected chi connectivity index (χ4v) is 9.67. The summed E-state index contributed by atoms with van der Waals surface area (Å²) in [5, 5.41) is 115. The van der Waals surface area contributed by atoms with E-state index in [1.807, 2.05) is 0 Å². The van der Waals surface area contributed by atoms with Gasteiger partial charge in [-0.05, 0) is 24.3 Å². The predicted octanol–water partition coefficient (Wildman–Crippen LogP) is -6.12. The molecule has 0 amide bonds. The molecular formula is C38H71N3O21S3. The summed E-state index contributed by atoms with van der Waals surface area (Å²) in [5.41, 5.74) is 10.7. The van der Waals surface area contributed by atoms with Gasteiger partial charge in [0.2, 0.25) is 0 Å². The lowest BCUT2D eigenvalue weighted by Gasteiger charge is -2.45. The number of hydrogen-bond donors (Lipinski definition) is 13. The zero-order valence-corrected chi connectivity index (χ0v) is 38.9. The van der Waals surface area contributed by atoms with E-state index >= 15 is 0 Å². The molecule has 0 aromatic carbocycles. The second kappa shape index (κ2) is 29.7. The number of aliphatic hydroxyl groups is 11. The smallest absolute Gasteiger partial charge is 0.187 e. The van der Waals surface area contributed by atoms with Crippen LogP contribution >= 0.6 is 35.3 Å². The number of methoxy groups -OCH3 is 2. The first-order chi connectivity index (χ1) is 31.2. The number of nitrogens with two attached hydrogens (primary N) is 2. The van der Waals surface area contributed by atoms with E-state index in [4.69, 9.17) is 58.8 Å². The average Bonchev–Trinajstić information content (AvgIpc) is 3.30. The fourth-order valence-electron chi connectivity index (χ4n) is 7.22. The van der Waals surface area contributed by atoms with E-state index < -0.39 is 142 Å². The van der Waals surface area contributed by atoms with Crippen LogP contribution in [0.3, 0.4) is 0 Å². The summed E-state index contributed by atoms with van der Waals surface area (Å²) in [4.78, 5) is 4.32. The topological polar surface area (TPSA) is 379 Å². The van der Waals surface area contributed by atoms with Crippen molar-refractivity contribution in [2.24, 2.45) is 16.5 Å². The van der Waals surface area contributed by atoms with Gasteiger partial charge in [-0.25, -0.2) is 0 Å². The monoisotopic (exact) mass is 1000 g/mol. The molecule has 0 aliphatic carbocycles. The highest BCUT2D eigenvalue weighted by Crippen LogP contribution is 2.31. The number of amidine groups is 1. The van der Waals surface area contributed by atoms with Gasteiger partial charge >= 0.3 is 0 Å². The first kappa shape index (κ1) is 57.2.